The van der Waals surface area contributed by atoms with Crippen LogP contribution in [0.1, 0.15) is 12.8 Å². The molecule has 0 saturated carbocycles. The number of nitrogens with one attached hydrogen (secondary N) is 1. The van der Waals surface area contributed by atoms with E-state index < -0.39 is 0 Å². The lowest BCUT2D eigenvalue weighted by atomic mass is 10.1. The van der Waals surface area contributed by atoms with E-state index in [-0.39, 0.29) is 0 Å². The Morgan fingerprint density at radius 1 is 0.773 bits per heavy atom. The first-order valence-electron chi connectivity index (χ1n) is 8.00. The molecule has 6 nitrogen and oxygen atoms in total. The van der Waals surface area contributed by atoms with Crippen LogP contribution in [0.15, 0.2) is 0 Å². The summed E-state index contributed by atoms with van der Waals surface area (Å²) in [5.41, 5.74) is 0. The summed E-state index contributed by atoms with van der Waals surface area (Å²) in [4.78, 5) is 0. The zero-order valence-electron chi connectivity index (χ0n) is 13.4. The van der Waals surface area contributed by atoms with Crippen molar-refractivity contribution in [3.05, 3.63) is 0 Å². The molecule has 128 valence electrons. The number of piperidine rings is 1. The van der Waals surface area contributed by atoms with Crippen molar-refractivity contribution in [1.29, 1.82) is 0 Å². The van der Waals surface area contributed by atoms with Crippen LogP contribution in [-0.2, 0) is 23.7 Å². The fourth-order valence-electron chi connectivity index (χ4n) is 2.03. The molecule has 1 heterocycles. The molecular weight excluding hydrogens is 286 g/mol. The maximum atomic E-state index is 5.73. The van der Waals surface area contributed by atoms with Gasteiger partial charge in [-0.25, -0.2) is 0 Å². The van der Waals surface area contributed by atoms with E-state index in [2.05, 4.69) is 11.2 Å². The van der Waals surface area contributed by atoms with Crippen LogP contribution in [0.25, 0.3) is 0 Å². The Morgan fingerprint density at radius 2 is 1.27 bits per heavy atom. The minimum absolute atomic E-state index is 0.332. The van der Waals surface area contributed by atoms with Gasteiger partial charge in [-0.1, -0.05) is 5.92 Å². The van der Waals surface area contributed by atoms with Gasteiger partial charge in [-0.05, 0) is 25.9 Å². The highest BCUT2D eigenvalue weighted by Crippen LogP contribution is 2.06. The normalized spacial score (nSPS) is 15.8. The number of hydrogen-bond acceptors (Lipinski definition) is 6. The van der Waals surface area contributed by atoms with E-state index in [1.54, 1.807) is 0 Å². The van der Waals surface area contributed by atoms with E-state index in [9.17, 15) is 0 Å². The molecule has 1 rings (SSSR count). The summed E-state index contributed by atoms with van der Waals surface area (Å²) in [7, 11) is 0. The van der Waals surface area contributed by atoms with Gasteiger partial charge >= 0.3 is 0 Å². The van der Waals surface area contributed by atoms with Crippen molar-refractivity contribution in [3.63, 3.8) is 0 Å². The Labute approximate surface area is 133 Å². The average molecular weight is 315 g/mol. The lowest BCUT2D eigenvalue weighted by molar-refractivity contribution is -0.0274. The van der Waals surface area contributed by atoms with Gasteiger partial charge < -0.3 is 29.0 Å². The molecule has 0 radical (unpaired) electrons. The van der Waals surface area contributed by atoms with E-state index >= 15 is 0 Å². The van der Waals surface area contributed by atoms with Gasteiger partial charge in [0.2, 0.25) is 0 Å². The van der Waals surface area contributed by atoms with E-state index in [0.29, 0.717) is 65.6 Å². The van der Waals surface area contributed by atoms with Gasteiger partial charge in [-0.3, -0.25) is 0 Å². The largest absolute Gasteiger partial charge is 0.377 e. The van der Waals surface area contributed by atoms with Crippen molar-refractivity contribution in [2.24, 2.45) is 0 Å². The summed E-state index contributed by atoms with van der Waals surface area (Å²) in [5, 5.41) is 3.31. The second-order valence-electron chi connectivity index (χ2n) is 4.91. The number of hydrogen-bond donors (Lipinski definition) is 1. The summed E-state index contributed by atoms with van der Waals surface area (Å²) in [6.45, 7) is 7.04. The second kappa shape index (κ2) is 15.2. The molecule has 1 saturated heterocycles. The Balaban J connectivity index is 1.68. The second-order valence-corrected chi connectivity index (χ2v) is 4.91. The van der Waals surface area contributed by atoms with Crippen LogP contribution in [0, 0.1) is 12.3 Å². The zero-order chi connectivity index (χ0) is 15.7. The van der Waals surface area contributed by atoms with Gasteiger partial charge in [0, 0.05) is 0 Å². The van der Waals surface area contributed by atoms with Gasteiger partial charge in [-0.15, -0.1) is 6.42 Å². The van der Waals surface area contributed by atoms with Gasteiger partial charge in [0.25, 0.3) is 0 Å². The molecule has 0 unspecified atom stereocenters. The predicted octanol–water partition coefficient (Wildman–Crippen LogP) is 0.455. The number of rotatable bonds is 14. The molecule has 0 bridgehead atoms. The van der Waals surface area contributed by atoms with Crippen LogP contribution >= 0.6 is 0 Å². The molecule has 1 N–H and O–H groups in total. The molecule has 0 amide bonds. The molecule has 0 aliphatic carbocycles. The Hall–Kier alpha value is -0.680. The molecule has 6 heteroatoms. The predicted molar refractivity (Wildman–Crippen MR) is 84.0 cm³/mol. The molecule has 1 aliphatic heterocycles. The maximum absolute atomic E-state index is 5.73. The Morgan fingerprint density at radius 3 is 1.82 bits per heavy atom. The summed E-state index contributed by atoms with van der Waals surface area (Å²) in [6.07, 6.45) is 7.63. The molecule has 0 aromatic heterocycles. The van der Waals surface area contributed by atoms with Crippen LogP contribution < -0.4 is 5.32 Å². The Bertz CT molecular complexity index is 276. The van der Waals surface area contributed by atoms with Crippen molar-refractivity contribution >= 4 is 0 Å². The van der Waals surface area contributed by atoms with Crippen LogP contribution in [0.5, 0.6) is 0 Å². The lowest BCUT2D eigenvalue weighted by Gasteiger charge is -2.22. The minimum Gasteiger partial charge on any atom is -0.377 e. The third-order valence-electron chi connectivity index (χ3n) is 3.17. The smallest absolute Gasteiger partial charge is 0.107 e. The number of ether oxygens (including phenoxy) is 5. The van der Waals surface area contributed by atoms with Crippen LogP contribution in [0.4, 0.5) is 0 Å². The van der Waals surface area contributed by atoms with Crippen molar-refractivity contribution < 1.29 is 23.7 Å². The van der Waals surface area contributed by atoms with Crippen molar-refractivity contribution in [1.82, 2.24) is 5.32 Å². The van der Waals surface area contributed by atoms with E-state index in [4.69, 9.17) is 30.1 Å². The van der Waals surface area contributed by atoms with Crippen molar-refractivity contribution in [3.8, 4) is 12.3 Å². The summed E-state index contributed by atoms with van der Waals surface area (Å²) < 4.78 is 26.9. The standard InChI is InChI=1S/C16H29NO5/c1-2-7-18-8-9-19-10-11-20-12-13-21-14-15-22-16-3-5-17-6-4-16/h1,16-17H,3-15H2. The zero-order valence-corrected chi connectivity index (χ0v) is 13.4. The van der Waals surface area contributed by atoms with Crippen LogP contribution in [0.3, 0.4) is 0 Å². The van der Waals surface area contributed by atoms with Crippen LogP contribution in [-0.4, -0.2) is 78.7 Å². The third kappa shape index (κ3) is 11.9. The molecule has 0 aromatic rings. The monoisotopic (exact) mass is 315 g/mol. The Kier molecular flexibility index (Phi) is 13.4. The molecular formula is C16H29NO5. The first-order valence-corrected chi connectivity index (χ1v) is 8.00. The van der Waals surface area contributed by atoms with Crippen molar-refractivity contribution in [2.75, 3.05) is 72.6 Å². The third-order valence-corrected chi connectivity index (χ3v) is 3.17. The molecule has 1 aliphatic rings. The summed E-state index contributed by atoms with van der Waals surface area (Å²) >= 11 is 0. The van der Waals surface area contributed by atoms with E-state index in [1.807, 2.05) is 0 Å². The van der Waals surface area contributed by atoms with Gasteiger partial charge in [0.05, 0.1) is 59.0 Å². The summed E-state index contributed by atoms with van der Waals surface area (Å²) in [5.74, 6) is 2.40. The van der Waals surface area contributed by atoms with Gasteiger partial charge in [0.15, 0.2) is 0 Å². The minimum atomic E-state index is 0.332. The molecule has 22 heavy (non-hydrogen) atoms. The average Bonchev–Trinajstić information content (AvgIpc) is 2.56. The quantitative estimate of drug-likeness (QED) is 0.371. The van der Waals surface area contributed by atoms with Gasteiger partial charge in [0.1, 0.15) is 6.61 Å². The van der Waals surface area contributed by atoms with Gasteiger partial charge in [-0.2, -0.15) is 0 Å². The highest BCUT2D eigenvalue weighted by molar-refractivity contribution is 4.82. The first kappa shape index (κ1) is 19.4. The molecule has 0 aromatic carbocycles. The highest BCUT2D eigenvalue weighted by Gasteiger charge is 2.12. The lowest BCUT2D eigenvalue weighted by Crippen LogP contribution is -2.33. The molecule has 0 spiro atoms. The summed E-state index contributed by atoms with van der Waals surface area (Å²) in [6, 6.07) is 0. The first-order chi connectivity index (χ1) is 10.9. The van der Waals surface area contributed by atoms with E-state index in [0.717, 1.165) is 25.9 Å². The SMILES string of the molecule is C#CCOCCOCCOCCOCCOC1CCNCC1. The van der Waals surface area contributed by atoms with Crippen LogP contribution in [0.2, 0.25) is 0 Å². The highest BCUT2D eigenvalue weighted by atomic mass is 16.6. The number of terminal acetylenes is 1. The maximum Gasteiger partial charge on any atom is 0.107 e. The molecule has 1 fully saturated rings. The van der Waals surface area contributed by atoms with Crippen molar-refractivity contribution in [2.45, 2.75) is 18.9 Å². The topological polar surface area (TPSA) is 58.2 Å². The van der Waals surface area contributed by atoms with E-state index in [1.165, 1.54) is 0 Å². The fraction of sp³-hybridized carbons (Fsp3) is 0.875. The fourth-order valence-corrected chi connectivity index (χ4v) is 2.03. The molecule has 0 atom stereocenters.